The molecule has 5 rings (SSSR count). The summed E-state index contributed by atoms with van der Waals surface area (Å²) in [6, 6.07) is 9.77. The van der Waals surface area contributed by atoms with Gasteiger partial charge < -0.3 is 35.2 Å². The van der Waals surface area contributed by atoms with E-state index >= 15 is 0 Å². The molecule has 0 bridgehead atoms. The summed E-state index contributed by atoms with van der Waals surface area (Å²) in [6.07, 6.45) is 7.35. The van der Waals surface area contributed by atoms with Gasteiger partial charge in [0.1, 0.15) is 39.5 Å². The van der Waals surface area contributed by atoms with Crippen molar-refractivity contribution in [2.75, 3.05) is 67.2 Å². The molecule has 0 radical (unpaired) electrons. The molecule has 0 unspecified atom stereocenters. The van der Waals surface area contributed by atoms with Gasteiger partial charge in [0.15, 0.2) is 0 Å². The quantitative estimate of drug-likeness (QED) is 0.199. The van der Waals surface area contributed by atoms with E-state index in [0.717, 1.165) is 37.7 Å². The van der Waals surface area contributed by atoms with Gasteiger partial charge in [-0.1, -0.05) is 29.8 Å². The number of anilines is 6. The number of hydrogen-bond donors (Lipinski definition) is 3. The lowest BCUT2D eigenvalue weighted by Crippen LogP contribution is -2.44. The predicted molar refractivity (Wildman–Crippen MR) is 184 cm³/mol. The van der Waals surface area contributed by atoms with Gasteiger partial charge in [0.05, 0.1) is 31.3 Å². The number of benzene rings is 2. The van der Waals surface area contributed by atoms with Gasteiger partial charge in [-0.05, 0) is 57.0 Å². The molecule has 3 N–H and O–H groups in total. The second kappa shape index (κ2) is 14.4. The molecule has 12 nitrogen and oxygen atoms in total. The molecule has 1 aromatic heterocycles. The molecule has 3 aromatic rings. The third kappa shape index (κ3) is 7.41. The van der Waals surface area contributed by atoms with Crippen molar-refractivity contribution in [1.29, 1.82) is 0 Å². The van der Waals surface area contributed by atoms with Crippen LogP contribution in [0.1, 0.15) is 25.7 Å². The van der Waals surface area contributed by atoms with Crippen LogP contribution in [0.4, 0.5) is 39.2 Å². The largest absolute Gasteiger partial charge is 0.495 e. The Balaban J connectivity index is 1.32. The van der Waals surface area contributed by atoms with Gasteiger partial charge in [-0.15, -0.1) is 0 Å². The monoisotopic (exact) mass is 668 g/mol. The molecule has 2 aliphatic rings. The summed E-state index contributed by atoms with van der Waals surface area (Å²) < 4.78 is 10.6. The molecule has 1 aliphatic carbocycles. The number of nitrogens with one attached hydrogen (secondary N) is 3. The Morgan fingerprint density at radius 2 is 1.59 bits per heavy atom. The van der Waals surface area contributed by atoms with Gasteiger partial charge in [-0.3, -0.25) is 9.69 Å². The second-order valence-electron chi connectivity index (χ2n) is 11.2. The Morgan fingerprint density at radius 1 is 0.935 bits per heavy atom. The molecule has 14 heteroatoms. The highest BCUT2D eigenvalue weighted by Crippen LogP contribution is 2.44. The van der Waals surface area contributed by atoms with Gasteiger partial charge in [-0.2, -0.15) is 0 Å². The fourth-order valence-electron chi connectivity index (χ4n) is 5.46. The molecule has 3 amide bonds. The van der Waals surface area contributed by atoms with Crippen LogP contribution in [0.25, 0.3) is 0 Å². The third-order valence-electron chi connectivity index (χ3n) is 8.34. The maximum Gasteiger partial charge on any atom is 0.327 e. The number of halogens is 2. The fourth-order valence-corrected chi connectivity index (χ4v) is 6.06. The Morgan fingerprint density at radius 3 is 2.20 bits per heavy atom. The van der Waals surface area contributed by atoms with Crippen LogP contribution in [0.5, 0.6) is 11.5 Å². The van der Waals surface area contributed by atoms with Crippen LogP contribution in [0.15, 0.2) is 49.3 Å². The average molecular weight is 670 g/mol. The van der Waals surface area contributed by atoms with Crippen molar-refractivity contribution in [1.82, 2.24) is 14.9 Å². The first-order chi connectivity index (χ1) is 22.1. The molecule has 244 valence electrons. The number of ether oxygens (including phenoxy) is 2. The summed E-state index contributed by atoms with van der Waals surface area (Å²) in [5.41, 5.74) is 2.33. The van der Waals surface area contributed by atoms with E-state index in [0.29, 0.717) is 23.2 Å². The molecular weight excluding hydrogens is 631 g/mol. The molecule has 0 atom stereocenters. The van der Waals surface area contributed by atoms with Gasteiger partial charge in [0.2, 0.25) is 5.91 Å². The normalized spacial score (nSPS) is 14.9. The van der Waals surface area contributed by atoms with Crippen LogP contribution in [0.3, 0.4) is 0 Å². The number of piperidine rings is 1. The van der Waals surface area contributed by atoms with E-state index in [-0.39, 0.29) is 39.0 Å². The molecule has 0 spiro atoms. The average Bonchev–Trinajstić information content (AvgIpc) is 3.93. The number of aromatic nitrogens is 2. The second-order valence-corrected chi connectivity index (χ2v) is 12.0. The zero-order chi connectivity index (χ0) is 33.0. The standard InChI is InChI=1S/C32H38Cl2N8O4/c1-6-28(43)38-23-15-21(42-13-11-20(12-14-42)40(2)19-7-8-19)9-10-22(23)37-26-17-27(36-18-35-26)41(3)32(44)39-31-29(33)24(45-4)16-25(46-5)30(31)34/h6,9-10,15-20H,1,7-8,11-14H2,2-5H3,(H,38,43)(H,39,44)(H,35,36,37). The molecule has 1 aliphatic heterocycles. The minimum atomic E-state index is -0.570. The van der Waals surface area contributed by atoms with Crippen LogP contribution in [-0.4, -0.2) is 80.3 Å². The zero-order valence-electron chi connectivity index (χ0n) is 26.3. The van der Waals surface area contributed by atoms with Crippen molar-refractivity contribution >= 4 is 69.5 Å². The first kappa shape index (κ1) is 33.1. The summed E-state index contributed by atoms with van der Waals surface area (Å²) in [5.74, 6) is 0.908. The van der Waals surface area contributed by atoms with Crippen LogP contribution < -0.4 is 35.2 Å². The Labute approximate surface area is 278 Å². The number of hydrogen-bond acceptors (Lipinski definition) is 9. The van der Waals surface area contributed by atoms with E-state index in [2.05, 4.69) is 49.3 Å². The summed E-state index contributed by atoms with van der Waals surface area (Å²) in [5, 5.41) is 9.09. The van der Waals surface area contributed by atoms with E-state index in [9.17, 15) is 9.59 Å². The fraction of sp³-hybridized carbons (Fsp3) is 0.375. The molecule has 2 heterocycles. The zero-order valence-corrected chi connectivity index (χ0v) is 27.8. The molecule has 2 aromatic carbocycles. The van der Waals surface area contributed by atoms with Crippen molar-refractivity contribution in [3.8, 4) is 11.5 Å². The van der Waals surface area contributed by atoms with Gasteiger partial charge >= 0.3 is 6.03 Å². The molecule has 2 fully saturated rings. The lowest BCUT2D eigenvalue weighted by Gasteiger charge is -2.38. The Hall–Kier alpha value is -4.26. The van der Waals surface area contributed by atoms with Crippen LogP contribution in [0.2, 0.25) is 10.0 Å². The van der Waals surface area contributed by atoms with E-state index in [1.807, 2.05) is 18.2 Å². The number of amides is 3. The van der Waals surface area contributed by atoms with E-state index in [4.69, 9.17) is 32.7 Å². The van der Waals surface area contributed by atoms with Crippen molar-refractivity contribution in [2.45, 2.75) is 37.8 Å². The molecule has 1 saturated carbocycles. The SMILES string of the molecule is C=CC(=O)Nc1cc(N2CCC(N(C)C3CC3)CC2)ccc1Nc1cc(N(C)C(=O)Nc2c(Cl)c(OC)cc(OC)c2Cl)ncn1. The minimum absolute atomic E-state index is 0.118. The molecule has 1 saturated heterocycles. The topological polar surface area (TPSA) is 124 Å². The minimum Gasteiger partial charge on any atom is -0.495 e. The Kier molecular flexibility index (Phi) is 10.4. The molecule has 46 heavy (non-hydrogen) atoms. The number of methoxy groups -OCH3 is 2. The van der Waals surface area contributed by atoms with Gasteiger partial charge in [0.25, 0.3) is 0 Å². The Bertz CT molecular complexity index is 1580. The number of nitrogens with zero attached hydrogens (tertiary/aromatic N) is 5. The first-order valence-electron chi connectivity index (χ1n) is 14.9. The van der Waals surface area contributed by atoms with Gasteiger partial charge in [0, 0.05) is 50.0 Å². The summed E-state index contributed by atoms with van der Waals surface area (Å²) in [6.45, 7) is 5.47. The van der Waals surface area contributed by atoms with Crippen LogP contribution in [-0.2, 0) is 4.79 Å². The van der Waals surface area contributed by atoms with E-state index in [1.165, 1.54) is 57.5 Å². The highest BCUT2D eigenvalue weighted by Gasteiger charge is 2.33. The van der Waals surface area contributed by atoms with Crippen molar-refractivity contribution in [3.63, 3.8) is 0 Å². The lowest BCUT2D eigenvalue weighted by atomic mass is 10.0. The maximum absolute atomic E-state index is 13.2. The summed E-state index contributed by atoms with van der Waals surface area (Å²) >= 11 is 12.9. The molecular formula is C32H38Cl2N8O4. The lowest BCUT2D eigenvalue weighted by molar-refractivity contribution is -0.111. The number of carbonyl (C=O) groups excluding carboxylic acids is 2. The van der Waals surface area contributed by atoms with Gasteiger partial charge in [-0.25, -0.2) is 14.8 Å². The predicted octanol–water partition coefficient (Wildman–Crippen LogP) is 6.40. The van der Waals surface area contributed by atoms with Crippen molar-refractivity contribution in [2.24, 2.45) is 0 Å². The summed E-state index contributed by atoms with van der Waals surface area (Å²) in [4.78, 5) is 40.4. The maximum atomic E-state index is 13.2. The van der Waals surface area contributed by atoms with Crippen LogP contribution in [0, 0.1) is 0 Å². The summed E-state index contributed by atoms with van der Waals surface area (Å²) in [7, 11) is 6.67. The van der Waals surface area contributed by atoms with E-state index in [1.54, 1.807) is 6.07 Å². The first-order valence-corrected chi connectivity index (χ1v) is 15.7. The third-order valence-corrected chi connectivity index (χ3v) is 9.09. The number of urea groups is 1. The number of carbonyl (C=O) groups is 2. The highest BCUT2D eigenvalue weighted by molar-refractivity contribution is 6.41. The van der Waals surface area contributed by atoms with Crippen molar-refractivity contribution < 1.29 is 19.1 Å². The number of rotatable bonds is 11. The van der Waals surface area contributed by atoms with Crippen LogP contribution >= 0.6 is 23.2 Å². The smallest absolute Gasteiger partial charge is 0.327 e. The van der Waals surface area contributed by atoms with Crippen molar-refractivity contribution in [3.05, 3.63) is 59.4 Å². The highest BCUT2D eigenvalue weighted by atomic mass is 35.5. The van der Waals surface area contributed by atoms with E-state index < -0.39 is 6.03 Å².